The highest BCUT2D eigenvalue weighted by Crippen LogP contribution is 2.34. The third-order valence-electron chi connectivity index (χ3n) is 2.78. The van der Waals surface area contributed by atoms with Crippen molar-refractivity contribution >= 4 is 22.6 Å². The number of aliphatic hydroxyl groups excluding tert-OH is 1. The first-order valence-electron chi connectivity index (χ1n) is 5.59. The Bertz CT molecular complexity index is 625. The molecule has 0 heterocycles. The average molecular weight is 396 g/mol. The van der Waals surface area contributed by atoms with Crippen LogP contribution in [-0.2, 0) is 6.18 Å². The summed E-state index contributed by atoms with van der Waals surface area (Å²) in [5.41, 5.74) is -0.919. The van der Waals surface area contributed by atoms with Gasteiger partial charge in [0, 0.05) is 3.57 Å². The molecule has 0 saturated heterocycles. The molecule has 2 aromatic rings. The van der Waals surface area contributed by atoms with Gasteiger partial charge in [0.1, 0.15) is 11.9 Å². The quantitative estimate of drug-likeness (QED) is 0.585. The first kappa shape index (κ1) is 15.2. The monoisotopic (exact) mass is 396 g/mol. The molecule has 0 fully saturated rings. The highest BCUT2D eigenvalue weighted by molar-refractivity contribution is 14.1. The van der Waals surface area contributed by atoms with Crippen molar-refractivity contribution in [3.63, 3.8) is 0 Å². The smallest absolute Gasteiger partial charge is 0.384 e. The van der Waals surface area contributed by atoms with Gasteiger partial charge in [-0.15, -0.1) is 0 Å². The predicted octanol–water partition coefficient (Wildman–Crippen LogP) is 4.53. The molecule has 0 aliphatic heterocycles. The van der Waals surface area contributed by atoms with E-state index in [1.807, 2.05) is 22.6 Å². The van der Waals surface area contributed by atoms with Gasteiger partial charge in [-0.1, -0.05) is 18.2 Å². The summed E-state index contributed by atoms with van der Waals surface area (Å²) in [6, 6.07) is 9.24. The molecule has 2 aromatic carbocycles. The van der Waals surface area contributed by atoms with Gasteiger partial charge in [-0.25, -0.2) is 4.39 Å². The van der Waals surface area contributed by atoms with Crippen molar-refractivity contribution < 1.29 is 22.7 Å². The lowest BCUT2D eigenvalue weighted by molar-refractivity contribution is -0.140. The fraction of sp³-hybridized carbons (Fsp3) is 0.143. The number of hydrogen-bond acceptors (Lipinski definition) is 1. The third-order valence-corrected chi connectivity index (χ3v) is 3.45. The topological polar surface area (TPSA) is 20.2 Å². The molecule has 20 heavy (non-hydrogen) atoms. The maximum Gasteiger partial charge on any atom is 0.419 e. The molecule has 2 rings (SSSR count). The van der Waals surface area contributed by atoms with Gasteiger partial charge in [-0.05, 0) is 58.0 Å². The van der Waals surface area contributed by atoms with Gasteiger partial charge < -0.3 is 5.11 Å². The second-order valence-electron chi connectivity index (χ2n) is 4.19. The SMILES string of the molecule is OC(c1cccc(I)c1)c1ccc(F)c(C(F)(F)F)c1. The number of alkyl halides is 3. The first-order valence-corrected chi connectivity index (χ1v) is 6.67. The molecule has 1 unspecified atom stereocenters. The van der Waals surface area contributed by atoms with Crippen molar-refractivity contribution in [1.82, 2.24) is 0 Å². The molecule has 0 bridgehead atoms. The van der Waals surface area contributed by atoms with Gasteiger partial charge in [0.05, 0.1) is 5.56 Å². The maximum atomic E-state index is 13.2. The lowest BCUT2D eigenvalue weighted by atomic mass is 9.99. The van der Waals surface area contributed by atoms with Crippen LogP contribution < -0.4 is 0 Å². The van der Waals surface area contributed by atoms with E-state index in [0.717, 1.165) is 15.7 Å². The van der Waals surface area contributed by atoms with E-state index in [4.69, 9.17) is 0 Å². The van der Waals surface area contributed by atoms with Crippen LogP contribution >= 0.6 is 22.6 Å². The van der Waals surface area contributed by atoms with Crippen molar-refractivity contribution in [2.24, 2.45) is 0 Å². The van der Waals surface area contributed by atoms with Crippen molar-refractivity contribution in [2.75, 3.05) is 0 Å². The van der Waals surface area contributed by atoms with Crippen LogP contribution in [0.25, 0.3) is 0 Å². The molecule has 0 aromatic heterocycles. The van der Waals surface area contributed by atoms with Crippen molar-refractivity contribution in [1.29, 1.82) is 0 Å². The summed E-state index contributed by atoms with van der Waals surface area (Å²) in [5.74, 6) is -1.35. The zero-order chi connectivity index (χ0) is 14.9. The van der Waals surface area contributed by atoms with Crippen LogP contribution in [0.3, 0.4) is 0 Å². The summed E-state index contributed by atoms with van der Waals surface area (Å²) in [6.07, 6.45) is -6.02. The Balaban J connectivity index is 2.43. The Kier molecular flexibility index (Phi) is 4.33. The summed E-state index contributed by atoms with van der Waals surface area (Å²) >= 11 is 2.03. The van der Waals surface area contributed by atoms with Crippen LogP contribution in [0, 0.1) is 9.39 Å². The van der Waals surface area contributed by atoms with E-state index in [1.165, 1.54) is 0 Å². The van der Waals surface area contributed by atoms with Crippen LogP contribution in [0.5, 0.6) is 0 Å². The van der Waals surface area contributed by atoms with Crippen molar-refractivity contribution in [2.45, 2.75) is 12.3 Å². The Morgan fingerprint density at radius 1 is 1.00 bits per heavy atom. The standard InChI is InChI=1S/C14H9F4IO/c15-12-5-4-9(7-11(12)14(16,17)18)13(20)8-2-1-3-10(19)6-8/h1-7,13,20H. The largest absolute Gasteiger partial charge is 0.419 e. The van der Waals surface area contributed by atoms with E-state index in [9.17, 15) is 22.7 Å². The predicted molar refractivity (Wildman–Crippen MR) is 74.6 cm³/mol. The Morgan fingerprint density at radius 2 is 1.65 bits per heavy atom. The molecular weight excluding hydrogens is 387 g/mol. The van der Waals surface area contributed by atoms with Gasteiger partial charge in [0.15, 0.2) is 0 Å². The summed E-state index contributed by atoms with van der Waals surface area (Å²) in [6.45, 7) is 0. The minimum Gasteiger partial charge on any atom is -0.384 e. The van der Waals surface area contributed by atoms with Crippen molar-refractivity contribution in [3.8, 4) is 0 Å². The fourth-order valence-corrected chi connectivity index (χ4v) is 2.37. The number of benzene rings is 2. The van der Waals surface area contributed by atoms with Crippen LogP contribution in [0.15, 0.2) is 42.5 Å². The van der Waals surface area contributed by atoms with Gasteiger partial charge in [-0.3, -0.25) is 0 Å². The Labute approximate surface area is 126 Å². The Hall–Kier alpha value is -1.15. The lowest BCUT2D eigenvalue weighted by Crippen LogP contribution is -2.10. The molecule has 0 spiro atoms. The lowest BCUT2D eigenvalue weighted by Gasteiger charge is -2.15. The van der Waals surface area contributed by atoms with Crippen molar-refractivity contribution in [3.05, 3.63) is 68.5 Å². The molecule has 0 amide bonds. The molecule has 1 atom stereocenters. The van der Waals surface area contributed by atoms with Gasteiger partial charge >= 0.3 is 6.18 Å². The fourth-order valence-electron chi connectivity index (χ4n) is 1.80. The van der Waals surface area contributed by atoms with E-state index in [1.54, 1.807) is 24.3 Å². The number of rotatable bonds is 2. The Morgan fingerprint density at radius 3 is 2.25 bits per heavy atom. The van der Waals surface area contributed by atoms with E-state index in [2.05, 4.69) is 0 Å². The molecule has 1 nitrogen and oxygen atoms in total. The summed E-state index contributed by atoms with van der Waals surface area (Å²) in [4.78, 5) is 0. The number of hydrogen-bond donors (Lipinski definition) is 1. The molecule has 0 radical (unpaired) electrons. The summed E-state index contributed by atoms with van der Waals surface area (Å²) in [7, 11) is 0. The maximum absolute atomic E-state index is 13.2. The first-order chi connectivity index (χ1) is 9.29. The molecule has 1 N–H and O–H groups in total. The summed E-state index contributed by atoms with van der Waals surface area (Å²) in [5, 5.41) is 10.1. The normalized spacial score (nSPS) is 13.3. The minimum atomic E-state index is -4.79. The number of halogens is 5. The van der Waals surface area contributed by atoms with E-state index in [0.29, 0.717) is 11.6 Å². The molecule has 0 saturated carbocycles. The highest BCUT2D eigenvalue weighted by Gasteiger charge is 2.34. The van der Waals surface area contributed by atoms with Crippen LogP contribution in [0.2, 0.25) is 0 Å². The van der Waals surface area contributed by atoms with Crippen LogP contribution in [0.4, 0.5) is 17.6 Å². The van der Waals surface area contributed by atoms with E-state index < -0.39 is 23.7 Å². The third kappa shape index (κ3) is 3.29. The second-order valence-corrected chi connectivity index (χ2v) is 5.44. The van der Waals surface area contributed by atoms with Gasteiger partial charge in [0.25, 0.3) is 0 Å². The minimum absolute atomic E-state index is 0.000671. The summed E-state index contributed by atoms with van der Waals surface area (Å²) < 4.78 is 51.9. The van der Waals surface area contributed by atoms with Gasteiger partial charge in [-0.2, -0.15) is 13.2 Å². The van der Waals surface area contributed by atoms with E-state index in [-0.39, 0.29) is 5.56 Å². The second kappa shape index (κ2) is 5.69. The zero-order valence-electron chi connectivity index (χ0n) is 9.96. The number of aliphatic hydroxyl groups is 1. The molecule has 106 valence electrons. The molecule has 0 aliphatic carbocycles. The average Bonchev–Trinajstić information content (AvgIpc) is 2.37. The molecule has 6 heteroatoms. The van der Waals surface area contributed by atoms with Gasteiger partial charge in [0.2, 0.25) is 0 Å². The zero-order valence-corrected chi connectivity index (χ0v) is 12.1. The van der Waals surface area contributed by atoms with Crippen LogP contribution in [-0.4, -0.2) is 5.11 Å². The van der Waals surface area contributed by atoms with Crippen LogP contribution in [0.1, 0.15) is 22.8 Å². The highest BCUT2D eigenvalue weighted by atomic mass is 127. The molecular formula is C14H9F4IO. The van der Waals surface area contributed by atoms with E-state index >= 15 is 0 Å². The molecule has 0 aliphatic rings.